The van der Waals surface area contributed by atoms with Crippen molar-refractivity contribution in [3.05, 3.63) is 68.8 Å². The molecule has 0 unspecified atom stereocenters. The van der Waals surface area contributed by atoms with Crippen molar-refractivity contribution in [1.82, 2.24) is 4.98 Å². The number of hydrogen-bond acceptors (Lipinski definition) is 5. The van der Waals surface area contributed by atoms with Crippen LogP contribution in [-0.2, 0) is 0 Å². The second-order valence-corrected chi connectivity index (χ2v) is 5.60. The summed E-state index contributed by atoms with van der Waals surface area (Å²) in [6.07, 6.45) is 3.03. The number of aliphatic imine (C=N–C) groups is 1. The molecule has 0 aliphatic heterocycles. The molecule has 0 spiro atoms. The van der Waals surface area contributed by atoms with Crippen LogP contribution in [0.3, 0.4) is 0 Å². The summed E-state index contributed by atoms with van der Waals surface area (Å²) < 4.78 is 0.135. The Morgan fingerprint density at radius 2 is 2.04 bits per heavy atom. The highest BCUT2D eigenvalue weighted by molar-refractivity contribution is 9.10. The van der Waals surface area contributed by atoms with Gasteiger partial charge in [-0.1, -0.05) is 27.7 Å². The minimum Gasteiger partial charge on any atom is -0.871 e. The fourth-order valence-corrected chi connectivity index (χ4v) is 2.55. The average molecular weight is 371 g/mol. The van der Waals surface area contributed by atoms with E-state index >= 15 is 0 Å². The molecule has 7 heteroatoms. The van der Waals surface area contributed by atoms with Gasteiger partial charge in [0.25, 0.3) is 5.69 Å². The van der Waals surface area contributed by atoms with Crippen LogP contribution in [0.2, 0.25) is 0 Å². The van der Waals surface area contributed by atoms with Gasteiger partial charge in [-0.05, 0) is 29.8 Å². The number of fused-ring (bicyclic) bond motifs is 1. The van der Waals surface area contributed by atoms with Crippen LogP contribution in [0.25, 0.3) is 10.9 Å². The molecule has 23 heavy (non-hydrogen) atoms. The summed E-state index contributed by atoms with van der Waals surface area (Å²) in [7, 11) is 0. The number of non-ortho nitro benzene ring substituents is 1. The molecule has 1 heterocycles. The number of nitro benzene ring substituents is 1. The maximum atomic E-state index is 12.0. The Bertz CT molecular complexity index is 941. The number of aromatic nitrogens is 1. The summed E-state index contributed by atoms with van der Waals surface area (Å²) in [5.41, 5.74) is 1.46. The highest BCUT2D eigenvalue weighted by Crippen LogP contribution is 2.30. The Morgan fingerprint density at radius 1 is 1.22 bits per heavy atom. The predicted molar refractivity (Wildman–Crippen MR) is 89.2 cm³/mol. The fraction of sp³-hybridized carbons (Fsp3) is 0. The van der Waals surface area contributed by atoms with Crippen molar-refractivity contribution < 1.29 is 10.0 Å². The van der Waals surface area contributed by atoms with Crippen LogP contribution >= 0.6 is 15.9 Å². The predicted octanol–water partition coefficient (Wildman–Crippen LogP) is 3.73. The van der Waals surface area contributed by atoms with Crippen molar-refractivity contribution in [2.24, 2.45) is 4.99 Å². The highest BCUT2D eigenvalue weighted by atomic mass is 79.9. The number of pyridine rings is 1. The van der Waals surface area contributed by atoms with Crippen molar-refractivity contribution in [2.75, 3.05) is 0 Å². The Balaban J connectivity index is 1.99. The van der Waals surface area contributed by atoms with Crippen molar-refractivity contribution in [3.8, 4) is 5.75 Å². The van der Waals surface area contributed by atoms with Crippen molar-refractivity contribution in [3.63, 3.8) is 0 Å². The van der Waals surface area contributed by atoms with Crippen LogP contribution < -0.4 is 5.11 Å². The lowest BCUT2D eigenvalue weighted by molar-refractivity contribution is -0.385. The van der Waals surface area contributed by atoms with E-state index in [2.05, 4.69) is 25.9 Å². The average Bonchev–Trinajstić information content (AvgIpc) is 2.55. The first kappa shape index (κ1) is 15.1. The van der Waals surface area contributed by atoms with Gasteiger partial charge < -0.3 is 5.11 Å². The smallest absolute Gasteiger partial charge is 0.271 e. The second kappa shape index (κ2) is 6.13. The van der Waals surface area contributed by atoms with E-state index in [0.29, 0.717) is 5.69 Å². The monoisotopic (exact) mass is 370 g/mol. The highest BCUT2D eigenvalue weighted by Gasteiger charge is 2.09. The summed E-state index contributed by atoms with van der Waals surface area (Å²) >= 11 is 3.04. The van der Waals surface area contributed by atoms with E-state index in [1.165, 1.54) is 18.3 Å². The zero-order chi connectivity index (χ0) is 16.4. The molecular weight excluding hydrogens is 362 g/mol. The Kier molecular flexibility index (Phi) is 4.03. The number of nitrogens with zero attached hydrogens (tertiary/aromatic N) is 3. The molecule has 3 rings (SSSR count). The van der Waals surface area contributed by atoms with Gasteiger partial charge in [0, 0.05) is 34.4 Å². The van der Waals surface area contributed by atoms with E-state index in [-0.39, 0.29) is 21.5 Å². The van der Waals surface area contributed by atoms with Crippen LogP contribution in [0.15, 0.2) is 58.1 Å². The molecule has 0 saturated heterocycles. The van der Waals surface area contributed by atoms with E-state index < -0.39 is 4.92 Å². The molecule has 0 bridgehead atoms. The molecule has 0 aliphatic rings. The van der Waals surface area contributed by atoms with Gasteiger partial charge >= 0.3 is 0 Å². The van der Waals surface area contributed by atoms with E-state index in [1.807, 2.05) is 24.3 Å². The number of nitro groups is 1. The van der Waals surface area contributed by atoms with Gasteiger partial charge in [-0.15, -0.1) is 0 Å². The lowest BCUT2D eigenvalue weighted by Gasteiger charge is -2.12. The van der Waals surface area contributed by atoms with Gasteiger partial charge in [0.05, 0.1) is 16.1 Å². The largest absolute Gasteiger partial charge is 0.871 e. The Morgan fingerprint density at radius 3 is 2.83 bits per heavy atom. The molecule has 0 atom stereocenters. The fourth-order valence-electron chi connectivity index (χ4n) is 2.09. The zero-order valence-corrected chi connectivity index (χ0v) is 13.2. The third kappa shape index (κ3) is 3.19. The van der Waals surface area contributed by atoms with E-state index in [9.17, 15) is 15.2 Å². The minimum absolute atomic E-state index is 0.135. The summed E-state index contributed by atoms with van der Waals surface area (Å²) in [5, 5.41) is 23.8. The SMILES string of the molecule is O=[N+]([O-])c1cc(Br)c([O-])c(C=Nc2ccc3ncccc3c2)c1. The van der Waals surface area contributed by atoms with Crippen molar-refractivity contribution in [1.29, 1.82) is 0 Å². The molecule has 0 saturated carbocycles. The normalized spacial score (nSPS) is 11.2. The zero-order valence-electron chi connectivity index (χ0n) is 11.6. The maximum Gasteiger partial charge on any atom is 0.271 e. The molecule has 0 radical (unpaired) electrons. The number of benzene rings is 2. The summed E-state index contributed by atoms with van der Waals surface area (Å²) in [6, 6.07) is 11.5. The first-order valence-corrected chi connectivity index (χ1v) is 7.38. The number of hydrogen-bond donors (Lipinski definition) is 0. The summed E-state index contributed by atoms with van der Waals surface area (Å²) in [4.78, 5) is 18.8. The van der Waals surface area contributed by atoms with Gasteiger partial charge in [0.1, 0.15) is 0 Å². The quantitative estimate of drug-likeness (QED) is 0.398. The molecule has 0 amide bonds. The standard InChI is InChI=1S/C16H10BrN3O3/c17-14-8-13(20(22)23)7-11(16(14)21)9-19-12-3-4-15-10(6-12)2-1-5-18-15/h1-9,21H/p-1. The van der Waals surface area contributed by atoms with Crippen LogP contribution in [-0.4, -0.2) is 16.1 Å². The number of halogens is 1. The van der Waals surface area contributed by atoms with Gasteiger partial charge in [0.15, 0.2) is 0 Å². The first-order chi connectivity index (χ1) is 11.0. The molecule has 0 fully saturated rings. The van der Waals surface area contributed by atoms with Gasteiger partial charge in [-0.2, -0.15) is 0 Å². The van der Waals surface area contributed by atoms with Crippen LogP contribution in [0.4, 0.5) is 11.4 Å². The van der Waals surface area contributed by atoms with Crippen LogP contribution in [0.1, 0.15) is 5.56 Å². The summed E-state index contributed by atoms with van der Waals surface area (Å²) in [5.74, 6) is -0.346. The minimum atomic E-state index is -0.552. The van der Waals surface area contributed by atoms with Crippen LogP contribution in [0, 0.1) is 10.1 Å². The van der Waals surface area contributed by atoms with Crippen molar-refractivity contribution in [2.45, 2.75) is 0 Å². The molecule has 2 aromatic carbocycles. The first-order valence-electron chi connectivity index (χ1n) is 6.58. The molecule has 3 aromatic rings. The Labute approximate surface area is 139 Å². The van der Waals surface area contributed by atoms with E-state index in [0.717, 1.165) is 10.9 Å². The third-order valence-electron chi connectivity index (χ3n) is 3.21. The topological polar surface area (TPSA) is 91.5 Å². The van der Waals surface area contributed by atoms with Gasteiger partial charge in [-0.3, -0.25) is 20.1 Å². The molecule has 0 N–H and O–H groups in total. The lowest BCUT2D eigenvalue weighted by atomic mass is 10.2. The van der Waals surface area contributed by atoms with E-state index in [4.69, 9.17) is 0 Å². The second-order valence-electron chi connectivity index (χ2n) is 4.74. The number of rotatable bonds is 3. The molecule has 0 aliphatic carbocycles. The third-order valence-corrected chi connectivity index (χ3v) is 3.80. The van der Waals surface area contributed by atoms with Gasteiger partial charge in [-0.25, -0.2) is 0 Å². The van der Waals surface area contributed by atoms with Gasteiger partial charge in [0.2, 0.25) is 0 Å². The van der Waals surface area contributed by atoms with E-state index in [1.54, 1.807) is 12.3 Å². The van der Waals surface area contributed by atoms with Crippen LogP contribution in [0.5, 0.6) is 5.75 Å². The maximum absolute atomic E-state index is 12.0. The molecule has 6 nitrogen and oxygen atoms in total. The summed E-state index contributed by atoms with van der Waals surface area (Å²) in [6.45, 7) is 0. The molecule has 114 valence electrons. The molecular formula is C16H9BrN3O3-. The Hall–Kier alpha value is -2.80. The van der Waals surface area contributed by atoms with Crippen molar-refractivity contribution >= 4 is 44.4 Å². The lowest BCUT2D eigenvalue weighted by Crippen LogP contribution is -1.99. The molecule has 1 aromatic heterocycles.